The van der Waals surface area contributed by atoms with E-state index in [0.717, 1.165) is 10.6 Å². The first-order chi connectivity index (χ1) is 7.79. The topological polar surface area (TPSA) is 62.2 Å². The summed E-state index contributed by atoms with van der Waals surface area (Å²) in [6, 6.07) is 9.71. The van der Waals surface area contributed by atoms with Crippen LogP contribution in [0, 0.1) is 0 Å². The summed E-state index contributed by atoms with van der Waals surface area (Å²) >= 11 is 1.38. The number of carbonyl (C=O) groups excluding carboxylic acids is 1. The van der Waals surface area contributed by atoms with Gasteiger partial charge in [0.2, 0.25) is 0 Å². The molecule has 0 unspecified atom stereocenters. The Morgan fingerprint density at radius 1 is 1.38 bits per heavy atom. The summed E-state index contributed by atoms with van der Waals surface area (Å²) in [5.41, 5.74) is 1.01. The van der Waals surface area contributed by atoms with Crippen molar-refractivity contribution < 1.29 is 9.90 Å². The molecule has 0 bridgehead atoms. The van der Waals surface area contributed by atoms with Gasteiger partial charge in [-0.1, -0.05) is 41.7 Å². The van der Waals surface area contributed by atoms with Gasteiger partial charge >= 0.3 is 0 Å². The lowest BCUT2D eigenvalue weighted by atomic mass is 10.2. The third-order valence-electron chi connectivity index (χ3n) is 1.93. The maximum absolute atomic E-state index is 10.9. The number of nitrogens with zero attached hydrogens (tertiary/aromatic N) is 1. The number of thiazole rings is 1. The number of benzene rings is 1. The second kappa shape index (κ2) is 4.87. The molecule has 1 aromatic heterocycles. The van der Waals surface area contributed by atoms with Crippen LogP contribution in [-0.2, 0) is 4.79 Å². The molecular formula is C11H10N2O2S. The van der Waals surface area contributed by atoms with Crippen molar-refractivity contribution in [3.05, 3.63) is 36.5 Å². The van der Waals surface area contributed by atoms with Gasteiger partial charge in [-0.05, 0) is 0 Å². The van der Waals surface area contributed by atoms with Gasteiger partial charge in [0.1, 0.15) is 16.6 Å². The minimum absolute atomic E-state index is 0.428. The van der Waals surface area contributed by atoms with E-state index < -0.39 is 12.5 Å². The van der Waals surface area contributed by atoms with E-state index in [1.54, 1.807) is 6.20 Å². The molecule has 16 heavy (non-hydrogen) atoms. The van der Waals surface area contributed by atoms with Crippen LogP contribution in [0.2, 0.25) is 0 Å². The highest BCUT2D eigenvalue weighted by atomic mass is 32.1. The van der Waals surface area contributed by atoms with Crippen LogP contribution in [0.3, 0.4) is 0 Å². The molecule has 0 radical (unpaired) electrons. The molecule has 0 aliphatic heterocycles. The molecule has 1 amide bonds. The number of anilines is 1. The molecule has 0 fully saturated rings. The van der Waals surface area contributed by atoms with E-state index in [2.05, 4.69) is 10.3 Å². The first-order valence-corrected chi connectivity index (χ1v) is 5.53. The van der Waals surface area contributed by atoms with Crippen LogP contribution in [0.1, 0.15) is 0 Å². The smallest absolute Gasteiger partial charge is 0.250 e. The normalized spacial score (nSPS) is 10.1. The lowest BCUT2D eigenvalue weighted by Gasteiger charge is -1.96. The van der Waals surface area contributed by atoms with Crippen molar-refractivity contribution in [2.24, 2.45) is 0 Å². The van der Waals surface area contributed by atoms with E-state index in [-0.39, 0.29) is 0 Å². The number of hydrogen-bond acceptors (Lipinski definition) is 4. The lowest BCUT2D eigenvalue weighted by Crippen LogP contribution is -2.14. The maximum Gasteiger partial charge on any atom is 0.250 e. The first kappa shape index (κ1) is 10.8. The Morgan fingerprint density at radius 2 is 2.12 bits per heavy atom. The van der Waals surface area contributed by atoms with Crippen molar-refractivity contribution in [1.82, 2.24) is 4.98 Å². The van der Waals surface area contributed by atoms with E-state index in [0.29, 0.717) is 5.00 Å². The average molecular weight is 234 g/mol. The predicted molar refractivity (Wildman–Crippen MR) is 63.3 cm³/mol. The summed E-state index contributed by atoms with van der Waals surface area (Å²) in [4.78, 5) is 15.1. The monoisotopic (exact) mass is 234 g/mol. The number of rotatable bonds is 3. The Balaban J connectivity index is 2.17. The Kier molecular flexibility index (Phi) is 3.28. The van der Waals surface area contributed by atoms with Crippen molar-refractivity contribution in [3.8, 4) is 10.6 Å². The van der Waals surface area contributed by atoms with Crippen LogP contribution < -0.4 is 5.32 Å². The van der Waals surface area contributed by atoms with Gasteiger partial charge in [-0.25, -0.2) is 4.98 Å². The summed E-state index contributed by atoms with van der Waals surface area (Å²) in [5.74, 6) is -0.428. The summed E-state index contributed by atoms with van der Waals surface area (Å²) in [7, 11) is 0. The molecule has 4 nitrogen and oxygen atoms in total. The molecule has 2 rings (SSSR count). The Labute approximate surface area is 96.6 Å². The zero-order valence-electron chi connectivity index (χ0n) is 8.38. The molecule has 5 heteroatoms. The van der Waals surface area contributed by atoms with Gasteiger partial charge in [-0.15, -0.1) is 0 Å². The molecular weight excluding hydrogens is 224 g/mol. The molecule has 0 atom stereocenters. The summed E-state index contributed by atoms with van der Waals surface area (Å²) in [5, 5.41) is 12.6. The fourth-order valence-electron chi connectivity index (χ4n) is 1.22. The van der Waals surface area contributed by atoms with Gasteiger partial charge in [0.25, 0.3) is 5.91 Å². The number of nitrogens with one attached hydrogen (secondary N) is 1. The van der Waals surface area contributed by atoms with Crippen molar-refractivity contribution in [2.75, 3.05) is 11.9 Å². The van der Waals surface area contributed by atoms with Crippen LogP contribution in [0.25, 0.3) is 10.6 Å². The van der Waals surface area contributed by atoms with Crippen LogP contribution >= 0.6 is 11.3 Å². The highest BCUT2D eigenvalue weighted by Crippen LogP contribution is 2.27. The second-order valence-corrected chi connectivity index (χ2v) is 4.13. The van der Waals surface area contributed by atoms with E-state index in [4.69, 9.17) is 5.11 Å². The molecule has 0 aliphatic carbocycles. The molecule has 0 saturated carbocycles. The average Bonchev–Trinajstić information content (AvgIpc) is 2.78. The van der Waals surface area contributed by atoms with E-state index in [1.165, 1.54) is 11.3 Å². The molecule has 0 spiro atoms. The Bertz CT molecular complexity index is 482. The fourth-order valence-corrected chi connectivity index (χ4v) is 2.06. The first-order valence-electron chi connectivity index (χ1n) is 4.71. The number of carbonyl (C=O) groups is 1. The molecule has 82 valence electrons. The van der Waals surface area contributed by atoms with Crippen LogP contribution in [0.15, 0.2) is 36.5 Å². The molecule has 2 N–H and O–H groups in total. The van der Waals surface area contributed by atoms with Gasteiger partial charge < -0.3 is 10.4 Å². The van der Waals surface area contributed by atoms with Crippen LogP contribution in [0.5, 0.6) is 0 Å². The molecule has 1 heterocycles. The Hall–Kier alpha value is -1.72. The van der Waals surface area contributed by atoms with Crippen molar-refractivity contribution >= 4 is 22.2 Å². The number of amides is 1. The molecule has 0 saturated heterocycles. The third kappa shape index (κ3) is 2.44. The van der Waals surface area contributed by atoms with Crippen molar-refractivity contribution in [2.45, 2.75) is 0 Å². The second-order valence-electron chi connectivity index (χ2n) is 3.10. The van der Waals surface area contributed by atoms with E-state index in [1.807, 2.05) is 30.3 Å². The highest BCUT2D eigenvalue weighted by Gasteiger charge is 2.06. The number of aromatic nitrogens is 1. The van der Waals surface area contributed by atoms with Crippen LogP contribution in [-0.4, -0.2) is 22.6 Å². The largest absolute Gasteiger partial charge is 0.387 e. The lowest BCUT2D eigenvalue weighted by molar-refractivity contribution is -0.118. The highest BCUT2D eigenvalue weighted by molar-refractivity contribution is 7.19. The van der Waals surface area contributed by atoms with E-state index in [9.17, 15) is 4.79 Å². The summed E-state index contributed by atoms with van der Waals surface area (Å²) < 4.78 is 0. The van der Waals surface area contributed by atoms with Crippen molar-refractivity contribution in [1.29, 1.82) is 0 Å². The zero-order valence-corrected chi connectivity index (χ0v) is 9.20. The number of hydrogen-bond donors (Lipinski definition) is 2. The number of aliphatic hydroxyl groups is 1. The minimum Gasteiger partial charge on any atom is -0.387 e. The molecule has 1 aromatic carbocycles. The van der Waals surface area contributed by atoms with E-state index >= 15 is 0 Å². The predicted octanol–water partition coefficient (Wildman–Crippen LogP) is 1.74. The SMILES string of the molecule is O=C(CO)Nc1cnc(-c2ccccc2)s1. The maximum atomic E-state index is 10.9. The van der Waals surface area contributed by atoms with Crippen LogP contribution in [0.4, 0.5) is 5.00 Å². The molecule has 0 aliphatic rings. The summed E-state index contributed by atoms with van der Waals surface area (Å²) in [6.45, 7) is -0.515. The molecule has 2 aromatic rings. The van der Waals surface area contributed by atoms with Gasteiger partial charge in [0.15, 0.2) is 0 Å². The number of aliphatic hydroxyl groups excluding tert-OH is 1. The van der Waals surface area contributed by atoms with Crippen molar-refractivity contribution in [3.63, 3.8) is 0 Å². The minimum atomic E-state index is -0.515. The standard InChI is InChI=1S/C11H10N2O2S/c14-7-9(15)13-10-6-12-11(16-10)8-4-2-1-3-5-8/h1-6,14H,7H2,(H,13,15). The van der Waals surface area contributed by atoms with Gasteiger partial charge in [0.05, 0.1) is 6.20 Å². The quantitative estimate of drug-likeness (QED) is 0.850. The zero-order chi connectivity index (χ0) is 11.4. The third-order valence-corrected chi connectivity index (χ3v) is 2.89. The Morgan fingerprint density at radius 3 is 2.81 bits per heavy atom. The van der Waals surface area contributed by atoms with Gasteiger partial charge in [-0.3, -0.25) is 4.79 Å². The van der Waals surface area contributed by atoms with Gasteiger partial charge in [0, 0.05) is 5.56 Å². The fraction of sp³-hybridized carbons (Fsp3) is 0.0909. The summed E-state index contributed by atoms with van der Waals surface area (Å²) in [6.07, 6.45) is 1.58. The van der Waals surface area contributed by atoms with Gasteiger partial charge in [-0.2, -0.15) is 0 Å².